The van der Waals surface area contributed by atoms with Crippen molar-refractivity contribution in [3.05, 3.63) is 53.5 Å². The van der Waals surface area contributed by atoms with Gasteiger partial charge in [-0.25, -0.2) is 4.39 Å². The van der Waals surface area contributed by atoms with Gasteiger partial charge in [-0.05, 0) is 25.5 Å². The van der Waals surface area contributed by atoms with Crippen LogP contribution in [0.1, 0.15) is 28.6 Å². The van der Waals surface area contributed by atoms with E-state index in [1.54, 1.807) is 18.2 Å². The van der Waals surface area contributed by atoms with Gasteiger partial charge in [-0.3, -0.25) is 4.79 Å². The van der Waals surface area contributed by atoms with E-state index in [1.165, 1.54) is 12.1 Å². The van der Waals surface area contributed by atoms with Crippen LogP contribution in [0.25, 0.3) is 11.3 Å². The van der Waals surface area contributed by atoms with Gasteiger partial charge < -0.3 is 14.4 Å². The lowest BCUT2D eigenvalue weighted by atomic mass is 10.1. The molecule has 128 valence electrons. The minimum Gasteiger partial charge on any atom is -0.355 e. The number of hydrogen-bond donors (Lipinski definition) is 1. The van der Waals surface area contributed by atoms with Crippen LogP contribution in [0.4, 0.5) is 4.39 Å². The number of rotatable bonds is 3. The largest absolute Gasteiger partial charge is 0.355 e. The number of fused-ring (bicyclic) bond motifs is 1. The standard InChI is InChI=1S/C17H16FN5O2/c1-10-20-21-16-7-6-11(9-23(10)16)19-17(24)14-8-15(25-22-14)12-4-2-3-5-13(12)18/h2-5,8,11H,6-7,9H2,1H3,(H,19,24)/t11-/m1/s1. The molecule has 8 heteroatoms. The quantitative estimate of drug-likeness (QED) is 0.789. The molecule has 3 heterocycles. The van der Waals surface area contributed by atoms with Gasteiger partial charge in [0, 0.05) is 25.1 Å². The van der Waals surface area contributed by atoms with Crippen LogP contribution in [0.2, 0.25) is 0 Å². The normalized spacial score (nSPS) is 16.5. The number of benzene rings is 1. The number of carbonyl (C=O) groups is 1. The Balaban J connectivity index is 1.48. The van der Waals surface area contributed by atoms with Crippen molar-refractivity contribution < 1.29 is 13.7 Å². The van der Waals surface area contributed by atoms with Gasteiger partial charge in [0.15, 0.2) is 11.5 Å². The van der Waals surface area contributed by atoms with Crippen molar-refractivity contribution in [2.45, 2.75) is 32.4 Å². The average molecular weight is 341 g/mol. The van der Waals surface area contributed by atoms with Gasteiger partial charge >= 0.3 is 0 Å². The smallest absolute Gasteiger partial charge is 0.273 e. The molecule has 0 saturated carbocycles. The van der Waals surface area contributed by atoms with Crippen LogP contribution < -0.4 is 5.32 Å². The maximum absolute atomic E-state index is 13.8. The molecule has 7 nitrogen and oxygen atoms in total. The lowest BCUT2D eigenvalue weighted by Crippen LogP contribution is -2.41. The minimum absolute atomic E-state index is 0.0386. The molecule has 0 saturated heterocycles. The zero-order valence-electron chi connectivity index (χ0n) is 13.6. The van der Waals surface area contributed by atoms with Crippen molar-refractivity contribution in [1.29, 1.82) is 0 Å². The van der Waals surface area contributed by atoms with Gasteiger partial charge in [0.05, 0.1) is 5.56 Å². The summed E-state index contributed by atoms with van der Waals surface area (Å²) in [5.74, 6) is 1.23. The summed E-state index contributed by atoms with van der Waals surface area (Å²) in [6.07, 6.45) is 1.53. The van der Waals surface area contributed by atoms with E-state index in [1.807, 2.05) is 11.5 Å². The third-order valence-corrected chi connectivity index (χ3v) is 4.35. The van der Waals surface area contributed by atoms with Crippen molar-refractivity contribution in [3.8, 4) is 11.3 Å². The van der Waals surface area contributed by atoms with E-state index in [9.17, 15) is 9.18 Å². The summed E-state index contributed by atoms with van der Waals surface area (Å²) in [5.41, 5.74) is 0.404. The SMILES string of the molecule is Cc1nnc2n1C[C@H](NC(=O)c1cc(-c3ccccc3F)on1)CC2. The molecule has 1 aliphatic rings. The van der Waals surface area contributed by atoms with Gasteiger partial charge in [0.25, 0.3) is 5.91 Å². The fourth-order valence-corrected chi connectivity index (χ4v) is 3.01. The molecule has 4 rings (SSSR count). The van der Waals surface area contributed by atoms with Gasteiger partial charge in [-0.1, -0.05) is 17.3 Å². The molecule has 0 fully saturated rings. The molecule has 3 aromatic rings. The zero-order valence-corrected chi connectivity index (χ0v) is 13.6. The van der Waals surface area contributed by atoms with E-state index in [-0.39, 0.29) is 29.0 Å². The Morgan fingerprint density at radius 1 is 1.36 bits per heavy atom. The molecule has 2 aromatic heterocycles. The predicted molar refractivity (Wildman–Crippen MR) is 86.2 cm³/mol. The Bertz CT molecular complexity index is 933. The van der Waals surface area contributed by atoms with Crippen LogP contribution in [0.3, 0.4) is 0 Å². The van der Waals surface area contributed by atoms with E-state index in [0.29, 0.717) is 6.54 Å². The van der Waals surface area contributed by atoms with Gasteiger partial charge in [0.1, 0.15) is 17.5 Å². The van der Waals surface area contributed by atoms with E-state index < -0.39 is 5.82 Å². The topological polar surface area (TPSA) is 85.8 Å². The third-order valence-electron chi connectivity index (χ3n) is 4.35. The second kappa shape index (κ2) is 6.12. The van der Waals surface area contributed by atoms with Crippen LogP contribution in [0.15, 0.2) is 34.9 Å². The molecule has 1 aromatic carbocycles. The number of nitrogens with one attached hydrogen (secondary N) is 1. The van der Waals surface area contributed by atoms with E-state index in [0.717, 1.165) is 24.5 Å². The van der Waals surface area contributed by atoms with Crippen molar-refractivity contribution in [2.24, 2.45) is 0 Å². The molecule has 1 atom stereocenters. The minimum atomic E-state index is -0.423. The number of halogens is 1. The first kappa shape index (κ1) is 15.5. The molecular weight excluding hydrogens is 325 g/mol. The summed E-state index contributed by atoms with van der Waals surface area (Å²) in [4.78, 5) is 12.4. The highest BCUT2D eigenvalue weighted by molar-refractivity contribution is 5.93. The average Bonchev–Trinajstić information content (AvgIpc) is 3.23. The predicted octanol–water partition coefficient (Wildman–Crippen LogP) is 2.13. The summed E-state index contributed by atoms with van der Waals surface area (Å²) in [6, 6.07) is 7.61. The Hall–Kier alpha value is -3.03. The maximum Gasteiger partial charge on any atom is 0.273 e. The van der Waals surface area contributed by atoms with Gasteiger partial charge in [-0.15, -0.1) is 10.2 Å². The van der Waals surface area contributed by atoms with E-state index >= 15 is 0 Å². The van der Waals surface area contributed by atoms with Crippen LogP contribution in [0.5, 0.6) is 0 Å². The summed E-state index contributed by atoms with van der Waals surface area (Å²) < 4.78 is 20.9. The van der Waals surface area contributed by atoms with Gasteiger partial charge in [-0.2, -0.15) is 0 Å². The molecule has 1 aliphatic heterocycles. The number of aromatic nitrogens is 4. The van der Waals surface area contributed by atoms with Gasteiger partial charge in [0.2, 0.25) is 0 Å². The van der Waals surface area contributed by atoms with Crippen LogP contribution in [-0.2, 0) is 13.0 Å². The van der Waals surface area contributed by atoms with Crippen molar-refractivity contribution in [3.63, 3.8) is 0 Å². The zero-order chi connectivity index (χ0) is 17.4. The summed E-state index contributed by atoms with van der Waals surface area (Å²) >= 11 is 0. The van der Waals surface area contributed by atoms with Crippen molar-refractivity contribution in [1.82, 2.24) is 25.2 Å². The maximum atomic E-state index is 13.8. The van der Waals surface area contributed by atoms with Crippen molar-refractivity contribution in [2.75, 3.05) is 0 Å². The molecule has 1 amide bonds. The highest BCUT2D eigenvalue weighted by Crippen LogP contribution is 2.23. The number of aryl methyl sites for hydroxylation is 2. The second-order valence-electron chi connectivity index (χ2n) is 6.04. The highest BCUT2D eigenvalue weighted by Gasteiger charge is 2.24. The molecule has 1 N–H and O–H groups in total. The molecular formula is C17H16FN5O2. The van der Waals surface area contributed by atoms with E-state index in [2.05, 4.69) is 20.7 Å². The molecule has 0 aliphatic carbocycles. The highest BCUT2D eigenvalue weighted by atomic mass is 19.1. The van der Waals surface area contributed by atoms with E-state index in [4.69, 9.17) is 4.52 Å². The summed E-state index contributed by atoms with van der Waals surface area (Å²) in [5, 5.41) is 14.9. The second-order valence-corrected chi connectivity index (χ2v) is 6.04. The van der Waals surface area contributed by atoms with Crippen LogP contribution in [0, 0.1) is 12.7 Å². The lowest BCUT2D eigenvalue weighted by Gasteiger charge is -2.24. The number of amides is 1. The number of hydrogen-bond acceptors (Lipinski definition) is 5. The Labute approximate surface area is 142 Å². The molecule has 0 bridgehead atoms. The molecule has 0 radical (unpaired) electrons. The molecule has 0 spiro atoms. The Morgan fingerprint density at radius 3 is 3.04 bits per heavy atom. The monoisotopic (exact) mass is 341 g/mol. The molecule has 0 unspecified atom stereocenters. The van der Waals surface area contributed by atoms with Crippen molar-refractivity contribution >= 4 is 5.91 Å². The summed E-state index contributed by atoms with van der Waals surface area (Å²) in [7, 11) is 0. The Morgan fingerprint density at radius 2 is 2.20 bits per heavy atom. The first-order valence-electron chi connectivity index (χ1n) is 8.03. The number of carbonyl (C=O) groups excluding carboxylic acids is 1. The fourth-order valence-electron chi connectivity index (χ4n) is 3.01. The summed E-state index contributed by atoms with van der Waals surface area (Å²) in [6.45, 7) is 2.51. The number of nitrogens with zero attached hydrogens (tertiary/aromatic N) is 4. The fraction of sp³-hybridized carbons (Fsp3) is 0.294. The van der Waals surface area contributed by atoms with Crippen LogP contribution >= 0.6 is 0 Å². The Kier molecular flexibility index (Phi) is 3.79. The first-order chi connectivity index (χ1) is 12.1. The molecule has 25 heavy (non-hydrogen) atoms. The third kappa shape index (κ3) is 2.90. The first-order valence-corrected chi connectivity index (χ1v) is 8.03. The van der Waals surface area contributed by atoms with Crippen LogP contribution in [-0.4, -0.2) is 31.9 Å². The lowest BCUT2D eigenvalue weighted by molar-refractivity contribution is 0.0918.